The monoisotopic (exact) mass is 542 g/mol. The molecular weight excluding hydrogens is 520 g/mol. The number of hydrogen-bond acceptors (Lipinski definition) is 9. The second kappa shape index (κ2) is 10.8. The van der Waals surface area contributed by atoms with Crippen LogP contribution in [0.15, 0.2) is 84.9 Å². The van der Waals surface area contributed by atoms with E-state index in [1.807, 2.05) is 60.7 Å². The zero-order chi connectivity index (χ0) is 26.6. The van der Waals surface area contributed by atoms with Gasteiger partial charge in [0.2, 0.25) is 0 Å². The van der Waals surface area contributed by atoms with E-state index in [0.717, 1.165) is 58.8 Å². The van der Waals surface area contributed by atoms with Crippen LogP contribution in [0.3, 0.4) is 0 Å². The minimum absolute atomic E-state index is 0.0801. The normalized spacial score (nSPS) is 10.7. The summed E-state index contributed by atoms with van der Waals surface area (Å²) in [7, 11) is 3.29. The third-order valence-corrected chi connectivity index (χ3v) is 7.81. The predicted molar refractivity (Wildman–Crippen MR) is 154 cm³/mol. The third-order valence-electron chi connectivity index (χ3n) is 5.67. The highest BCUT2D eigenvalue weighted by Gasteiger charge is 2.10. The molecule has 0 saturated carbocycles. The van der Waals surface area contributed by atoms with E-state index in [2.05, 4.69) is 9.97 Å². The van der Waals surface area contributed by atoms with Gasteiger partial charge in [0.25, 0.3) is 5.69 Å². The fourth-order valence-electron chi connectivity index (χ4n) is 3.66. The van der Waals surface area contributed by atoms with E-state index >= 15 is 0 Å². The zero-order valence-electron chi connectivity index (χ0n) is 20.5. The van der Waals surface area contributed by atoms with E-state index in [0.29, 0.717) is 0 Å². The van der Waals surface area contributed by atoms with E-state index in [-0.39, 0.29) is 5.69 Å². The van der Waals surface area contributed by atoms with E-state index in [4.69, 9.17) is 15.2 Å². The number of anilines is 1. The van der Waals surface area contributed by atoms with Gasteiger partial charge in [-0.1, -0.05) is 0 Å². The number of rotatable bonds is 5. The maximum atomic E-state index is 10.6. The van der Waals surface area contributed by atoms with Crippen LogP contribution in [0.1, 0.15) is 0 Å². The van der Waals surface area contributed by atoms with Crippen LogP contribution in [-0.4, -0.2) is 29.1 Å². The number of nitrogens with two attached hydrogens (primary N) is 1. The fraction of sp³-hybridized carbons (Fsp3) is 0.0714. The Morgan fingerprint density at radius 2 is 1.16 bits per heavy atom. The van der Waals surface area contributed by atoms with Gasteiger partial charge in [-0.3, -0.25) is 10.1 Å². The maximum absolute atomic E-state index is 10.6. The standard InChI is InChI=1S/C14H10N2O3S.C14H12N2OS/c1-19-11-6-7-12-13(8-11)20-14(15-12)9-2-4-10(5-3-9)16(17)18;1-17-11-6-7-12-13(8-11)18-14(16-12)9-2-4-10(15)5-3-9/h2-8H,1H3;2-8H,15H2,1H3. The number of nitro benzene ring substituents is 1. The van der Waals surface area contributed by atoms with Gasteiger partial charge in [0.15, 0.2) is 0 Å². The number of nitrogen functional groups attached to an aromatic ring is 1. The molecule has 6 aromatic rings. The first-order chi connectivity index (χ1) is 18.4. The zero-order valence-corrected chi connectivity index (χ0v) is 22.1. The van der Waals surface area contributed by atoms with E-state index in [9.17, 15) is 10.1 Å². The van der Waals surface area contributed by atoms with Gasteiger partial charge in [-0.25, -0.2) is 9.97 Å². The number of thiazole rings is 2. The Bertz CT molecular complexity index is 1730. The minimum Gasteiger partial charge on any atom is -0.497 e. The summed E-state index contributed by atoms with van der Waals surface area (Å²) in [4.78, 5) is 19.4. The Morgan fingerprint density at radius 3 is 1.58 bits per heavy atom. The van der Waals surface area contributed by atoms with Crippen molar-refractivity contribution in [2.75, 3.05) is 20.0 Å². The highest BCUT2D eigenvalue weighted by atomic mass is 32.1. The molecular formula is C28H22N4O4S2. The number of benzene rings is 4. The summed E-state index contributed by atoms with van der Waals surface area (Å²) in [6.07, 6.45) is 0. The summed E-state index contributed by atoms with van der Waals surface area (Å²) in [6.45, 7) is 0. The fourth-order valence-corrected chi connectivity index (χ4v) is 5.66. The summed E-state index contributed by atoms with van der Waals surface area (Å²) in [5.74, 6) is 1.64. The SMILES string of the molecule is COc1ccc2nc(-c3ccc(N)cc3)sc2c1.COc1ccc2nc(-c3ccc([N+](=O)[O-])cc3)sc2c1. The molecule has 0 radical (unpaired) electrons. The van der Waals surface area contributed by atoms with Crippen molar-refractivity contribution >= 4 is 54.5 Å². The van der Waals surface area contributed by atoms with Crippen molar-refractivity contribution in [2.24, 2.45) is 0 Å². The molecule has 0 saturated heterocycles. The van der Waals surface area contributed by atoms with Gasteiger partial charge in [-0.05, 0) is 72.8 Å². The molecule has 0 fully saturated rings. The summed E-state index contributed by atoms with van der Waals surface area (Å²) in [5, 5.41) is 12.5. The summed E-state index contributed by atoms with van der Waals surface area (Å²) < 4.78 is 12.6. The predicted octanol–water partition coefficient (Wildman–Crippen LogP) is 7.43. The van der Waals surface area contributed by atoms with Crippen molar-refractivity contribution in [1.29, 1.82) is 0 Å². The molecule has 0 aliphatic rings. The number of nitrogens with zero attached hydrogens (tertiary/aromatic N) is 3. The van der Waals surface area contributed by atoms with Crippen molar-refractivity contribution < 1.29 is 14.4 Å². The lowest BCUT2D eigenvalue weighted by Crippen LogP contribution is -1.86. The molecule has 38 heavy (non-hydrogen) atoms. The van der Waals surface area contributed by atoms with Crippen LogP contribution in [0.2, 0.25) is 0 Å². The first-order valence-electron chi connectivity index (χ1n) is 11.4. The second-order valence-corrected chi connectivity index (χ2v) is 10.2. The molecule has 190 valence electrons. The Hall–Kier alpha value is -4.54. The first-order valence-corrected chi connectivity index (χ1v) is 13.1. The smallest absolute Gasteiger partial charge is 0.269 e. The number of ether oxygens (including phenoxy) is 2. The van der Waals surface area contributed by atoms with Gasteiger partial charge in [0.1, 0.15) is 21.5 Å². The highest BCUT2D eigenvalue weighted by molar-refractivity contribution is 7.22. The number of nitro groups is 1. The van der Waals surface area contributed by atoms with Crippen LogP contribution in [0.25, 0.3) is 41.6 Å². The number of fused-ring (bicyclic) bond motifs is 2. The minimum atomic E-state index is -0.410. The summed E-state index contributed by atoms with van der Waals surface area (Å²) >= 11 is 3.19. The summed E-state index contributed by atoms with van der Waals surface area (Å²) in [5.41, 5.74) is 10.4. The molecule has 6 rings (SSSR count). The number of hydrogen-bond donors (Lipinski definition) is 1. The molecule has 0 amide bonds. The van der Waals surface area contributed by atoms with Crippen LogP contribution in [0, 0.1) is 10.1 Å². The molecule has 2 N–H and O–H groups in total. The average Bonchev–Trinajstić information content (AvgIpc) is 3.57. The van der Waals surface area contributed by atoms with Gasteiger partial charge in [0.05, 0.1) is 39.6 Å². The number of methoxy groups -OCH3 is 2. The Morgan fingerprint density at radius 1 is 0.711 bits per heavy atom. The van der Waals surface area contributed by atoms with E-state index < -0.39 is 4.92 Å². The maximum Gasteiger partial charge on any atom is 0.269 e. The Labute approximate surface area is 226 Å². The van der Waals surface area contributed by atoms with Crippen LogP contribution in [-0.2, 0) is 0 Å². The van der Waals surface area contributed by atoms with Crippen LogP contribution in [0.4, 0.5) is 11.4 Å². The van der Waals surface area contributed by atoms with Crippen LogP contribution >= 0.6 is 22.7 Å². The molecule has 0 spiro atoms. The van der Waals surface area contributed by atoms with Crippen LogP contribution < -0.4 is 15.2 Å². The number of non-ortho nitro benzene ring substituents is 1. The molecule has 2 heterocycles. The van der Waals surface area contributed by atoms with Crippen molar-refractivity contribution in [3.63, 3.8) is 0 Å². The Kier molecular flexibility index (Phi) is 7.16. The lowest BCUT2D eigenvalue weighted by molar-refractivity contribution is -0.384. The van der Waals surface area contributed by atoms with Gasteiger partial charge in [-0.15, -0.1) is 22.7 Å². The second-order valence-electron chi connectivity index (χ2n) is 8.13. The molecule has 0 aliphatic heterocycles. The molecule has 4 aromatic carbocycles. The van der Waals surface area contributed by atoms with Gasteiger partial charge >= 0.3 is 0 Å². The summed E-state index contributed by atoms with van der Waals surface area (Å²) in [6, 6.07) is 25.8. The van der Waals surface area contributed by atoms with Crippen LogP contribution in [0.5, 0.6) is 11.5 Å². The lowest BCUT2D eigenvalue weighted by Gasteiger charge is -1.96. The lowest BCUT2D eigenvalue weighted by atomic mass is 10.2. The highest BCUT2D eigenvalue weighted by Crippen LogP contribution is 2.34. The molecule has 0 aliphatic carbocycles. The number of aromatic nitrogens is 2. The third kappa shape index (κ3) is 5.41. The Balaban J connectivity index is 0.000000156. The van der Waals surface area contributed by atoms with E-state index in [1.54, 1.807) is 37.7 Å². The van der Waals surface area contributed by atoms with Crippen molar-refractivity contribution in [3.8, 4) is 32.6 Å². The average molecular weight is 543 g/mol. The molecule has 8 nitrogen and oxygen atoms in total. The topological polar surface area (TPSA) is 113 Å². The van der Waals surface area contributed by atoms with Crippen molar-refractivity contribution in [3.05, 3.63) is 95.0 Å². The first kappa shape index (κ1) is 25.1. The van der Waals surface area contributed by atoms with Crippen molar-refractivity contribution in [2.45, 2.75) is 0 Å². The van der Waals surface area contributed by atoms with Gasteiger partial charge in [-0.2, -0.15) is 0 Å². The quantitative estimate of drug-likeness (QED) is 0.137. The molecule has 0 bridgehead atoms. The van der Waals surface area contributed by atoms with Crippen molar-refractivity contribution in [1.82, 2.24) is 9.97 Å². The molecule has 2 aromatic heterocycles. The largest absolute Gasteiger partial charge is 0.497 e. The van der Waals surface area contributed by atoms with E-state index in [1.165, 1.54) is 23.5 Å². The molecule has 0 atom stereocenters. The molecule has 10 heteroatoms. The van der Waals surface area contributed by atoms with Gasteiger partial charge in [0, 0.05) is 28.9 Å². The van der Waals surface area contributed by atoms with Gasteiger partial charge < -0.3 is 15.2 Å². The molecule has 0 unspecified atom stereocenters.